The van der Waals surface area contributed by atoms with E-state index >= 15 is 0 Å². The van der Waals surface area contributed by atoms with Crippen molar-refractivity contribution >= 4 is 31.8 Å². The summed E-state index contributed by atoms with van der Waals surface area (Å²) in [6.07, 6.45) is 2.36. The molecule has 0 aromatic heterocycles. The highest BCUT2D eigenvalue weighted by Crippen LogP contribution is 2.30. The van der Waals surface area contributed by atoms with Crippen LogP contribution in [0.25, 0.3) is 0 Å². The lowest BCUT2D eigenvalue weighted by Crippen LogP contribution is -2.42. The molecule has 1 aromatic carbocycles. The summed E-state index contributed by atoms with van der Waals surface area (Å²) < 4.78 is 27.4. The van der Waals surface area contributed by atoms with Gasteiger partial charge in [-0.05, 0) is 70.7 Å². The average Bonchev–Trinajstić information content (AvgIpc) is 2.46. The molecule has 1 aliphatic rings. The molecule has 1 aromatic rings. The summed E-state index contributed by atoms with van der Waals surface area (Å²) in [5, 5.41) is 2.70. The van der Waals surface area contributed by atoms with Crippen molar-refractivity contribution in [3.05, 3.63) is 28.7 Å². The number of ether oxygens (including phenoxy) is 1. The van der Waals surface area contributed by atoms with Gasteiger partial charge in [-0.15, -0.1) is 0 Å². The van der Waals surface area contributed by atoms with Crippen LogP contribution < -0.4 is 5.32 Å². The third-order valence-corrected chi connectivity index (χ3v) is 6.94. The molecule has 1 atom stereocenters. The van der Waals surface area contributed by atoms with E-state index in [4.69, 9.17) is 9.52 Å². The Morgan fingerprint density at radius 1 is 1.21 bits per heavy atom. The number of alkyl carbamates (subject to hydrolysis) is 1. The van der Waals surface area contributed by atoms with Crippen molar-refractivity contribution in [1.82, 2.24) is 5.32 Å². The van der Waals surface area contributed by atoms with Gasteiger partial charge < -0.3 is 10.1 Å². The van der Waals surface area contributed by atoms with Crippen LogP contribution in [0.5, 0.6) is 0 Å². The highest BCUT2D eigenvalue weighted by molar-refractivity contribution is 9.10. The molecule has 1 fully saturated rings. The quantitative estimate of drug-likeness (QED) is 0.749. The molecule has 0 bridgehead atoms. The Labute approximate surface area is 152 Å². The maximum atomic E-state index is 12.9. The summed E-state index contributed by atoms with van der Waals surface area (Å²) >= 11 is 3.35. The largest absolute Gasteiger partial charge is 0.444 e. The minimum Gasteiger partial charge on any atom is -0.444 e. The van der Waals surface area contributed by atoms with Crippen molar-refractivity contribution in [2.24, 2.45) is 0 Å². The zero-order valence-corrected chi connectivity index (χ0v) is 16.7. The summed E-state index contributed by atoms with van der Waals surface area (Å²) in [7, 11) is -2.82. The number of benzene rings is 1. The zero-order chi connectivity index (χ0) is 18.0. The van der Waals surface area contributed by atoms with Crippen molar-refractivity contribution in [1.29, 1.82) is 4.78 Å². The fraction of sp³-hybridized carbons (Fsp3) is 0.588. The van der Waals surface area contributed by atoms with Crippen LogP contribution in [-0.4, -0.2) is 27.2 Å². The van der Waals surface area contributed by atoms with Crippen molar-refractivity contribution in [2.75, 3.05) is 0 Å². The molecule has 0 aliphatic heterocycles. The Morgan fingerprint density at radius 2 is 1.75 bits per heavy atom. The molecule has 2 rings (SSSR count). The monoisotopic (exact) mass is 416 g/mol. The van der Waals surface area contributed by atoms with E-state index in [0.29, 0.717) is 17.7 Å². The molecular weight excluding hydrogens is 392 g/mol. The predicted octanol–water partition coefficient (Wildman–Crippen LogP) is 4.69. The number of carbonyl (C=O) groups excluding carboxylic acids is 1. The summed E-state index contributed by atoms with van der Waals surface area (Å²) in [6, 6.07) is 7.17. The number of amides is 1. The lowest BCUT2D eigenvalue weighted by molar-refractivity contribution is 0.0493. The smallest absolute Gasteiger partial charge is 0.407 e. The minimum absolute atomic E-state index is 0.0243. The average molecular weight is 417 g/mol. The van der Waals surface area contributed by atoms with Crippen LogP contribution in [0, 0.1) is 4.78 Å². The van der Waals surface area contributed by atoms with Gasteiger partial charge in [0, 0.05) is 20.7 Å². The fourth-order valence-electron chi connectivity index (χ4n) is 2.84. The Morgan fingerprint density at radius 3 is 2.25 bits per heavy atom. The zero-order valence-electron chi connectivity index (χ0n) is 14.3. The van der Waals surface area contributed by atoms with Crippen molar-refractivity contribution in [3.63, 3.8) is 0 Å². The van der Waals surface area contributed by atoms with E-state index in [9.17, 15) is 9.00 Å². The Balaban J connectivity index is 1.92. The second-order valence-electron chi connectivity index (χ2n) is 7.17. The maximum Gasteiger partial charge on any atom is 0.407 e. The van der Waals surface area contributed by atoms with Crippen LogP contribution in [0.4, 0.5) is 4.79 Å². The van der Waals surface area contributed by atoms with E-state index in [2.05, 4.69) is 21.2 Å². The maximum absolute atomic E-state index is 12.9. The summed E-state index contributed by atoms with van der Waals surface area (Å²) in [5.74, 6) is 0. The van der Waals surface area contributed by atoms with Crippen LogP contribution in [0.1, 0.15) is 46.5 Å². The Kier molecular flexibility index (Phi) is 5.96. The van der Waals surface area contributed by atoms with Crippen LogP contribution >= 0.6 is 15.9 Å². The van der Waals surface area contributed by atoms with Crippen LogP contribution in [-0.2, 0) is 14.5 Å². The van der Waals surface area contributed by atoms with Crippen LogP contribution in [0.15, 0.2) is 33.6 Å². The first kappa shape index (κ1) is 19.2. The molecule has 1 amide bonds. The van der Waals surface area contributed by atoms with Gasteiger partial charge in [-0.1, -0.05) is 15.9 Å². The molecule has 1 unspecified atom stereocenters. The number of carbonyl (C=O) groups is 1. The minimum atomic E-state index is -2.82. The molecule has 24 heavy (non-hydrogen) atoms. The van der Waals surface area contributed by atoms with E-state index in [1.165, 1.54) is 0 Å². The Bertz CT molecular complexity index is 673. The van der Waals surface area contributed by atoms with Crippen molar-refractivity contribution in [3.8, 4) is 0 Å². The highest BCUT2D eigenvalue weighted by atomic mass is 79.9. The van der Waals surface area contributed by atoms with E-state index < -0.39 is 21.4 Å². The predicted molar refractivity (Wildman–Crippen MR) is 98.7 cm³/mol. The Hall–Kier alpha value is -1.08. The third-order valence-electron chi connectivity index (χ3n) is 4.03. The van der Waals surface area contributed by atoms with Gasteiger partial charge in [0.2, 0.25) is 0 Å². The first-order chi connectivity index (χ1) is 11.1. The lowest BCUT2D eigenvalue weighted by atomic mass is 9.95. The summed E-state index contributed by atoms with van der Waals surface area (Å²) in [4.78, 5) is 12.4. The topological polar surface area (TPSA) is 79.2 Å². The summed E-state index contributed by atoms with van der Waals surface area (Å²) in [5.41, 5.74) is -0.516. The lowest BCUT2D eigenvalue weighted by Gasteiger charge is -2.31. The van der Waals surface area contributed by atoms with Gasteiger partial charge in [-0.3, -0.25) is 0 Å². The highest BCUT2D eigenvalue weighted by Gasteiger charge is 2.30. The van der Waals surface area contributed by atoms with Crippen molar-refractivity contribution in [2.45, 2.75) is 68.2 Å². The number of hydrogen-bond acceptors (Lipinski definition) is 4. The number of rotatable bonds is 3. The number of hydrogen-bond donors (Lipinski definition) is 2. The number of halogens is 1. The van der Waals surface area contributed by atoms with Gasteiger partial charge in [-0.25, -0.2) is 13.8 Å². The van der Waals surface area contributed by atoms with E-state index in [0.717, 1.165) is 17.3 Å². The molecule has 0 spiro atoms. The second-order valence-corrected chi connectivity index (χ2v) is 10.4. The normalized spacial score (nSPS) is 24.0. The van der Waals surface area contributed by atoms with Gasteiger partial charge in [0.25, 0.3) is 0 Å². The fourth-order valence-corrected chi connectivity index (χ4v) is 4.97. The van der Waals surface area contributed by atoms with Crippen LogP contribution in [0.3, 0.4) is 0 Å². The van der Waals surface area contributed by atoms with Gasteiger partial charge in [0.1, 0.15) is 5.60 Å². The molecule has 134 valence electrons. The molecule has 2 N–H and O–H groups in total. The van der Waals surface area contributed by atoms with Crippen molar-refractivity contribution < 1.29 is 13.7 Å². The van der Waals surface area contributed by atoms with Gasteiger partial charge in [-0.2, -0.15) is 0 Å². The third kappa shape index (κ3) is 5.21. The van der Waals surface area contributed by atoms with E-state index in [1.807, 2.05) is 32.9 Å². The SMILES string of the molecule is CC(C)(C)OC(=O)NC1CCC(S(=N)(=O)c2ccc(Br)cc2)CC1. The van der Waals surface area contributed by atoms with Gasteiger partial charge in [0.05, 0.1) is 9.73 Å². The van der Waals surface area contributed by atoms with Gasteiger partial charge in [0.15, 0.2) is 0 Å². The van der Waals surface area contributed by atoms with Gasteiger partial charge >= 0.3 is 6.09 Å². The first-order valence-electron chi connectivity index (χ1n) is 8.11. The standard InChI is InChI=1S/C17H25BrN2O3S/c1-17(2,3)23-16(21)20-13-6-10-15(11-7-13)24(19,22)14-8-4-12(18)5-9-14/h4-5,8-9,13,15,19H,6-7,10-11H2,1-3H3,(H,20,21). The molecule has 5 nitrogen and oxygen atoms in total. The molecular formula is C17H25BrN2O3S. The number of nitrogens with one attached hydrogen (secondary N) is 2. The molecule has 0 heterocycles. The van der Waals surface area contributed by atoms with E-state index in [1.54, 1.807) is 12.1 Å². The molecule has 0 saturated heterocycles. The molecule has 7 heteroatoms. The molecule has 1 aliphatic carbocycles. The first-order valence-corrected chi connectivity index (χ1v) is 10.5. The van der Waals surface area contributed by atoms with E-state index in [-0.39, 0.29) is 11.3 Å². The molecule has 1 saturated carbocycles. The molecule has 0 radical (unpaired) electrons. The second kappa shape index (κ2) is 7.44. The summed E-state index contributed by atoms with van der Waals surface area (Å²) in [6.45, 7) is 5.49. The van der Waals surface area contributed by atoms with Crippen LogP contribution in [0.2, 0.25) is 0 Å².